The molecule has 2 fully saturated rings. The van der Waals surface area contributed by atoms with E-state index in [2.05, 4.69) is 13.0 Å². The molecule has 0 aromatic carbocycles. The van der Waals surface area contributed by atoms with Crippen LogP contribution in [0.25, 0.3) is 0 Å². The summed E-state index contributed by atoms with van der Waals surface area (Å²) >= 11 is 0. The Balaban J connectivity index is 1.83. The van der Waals surface area contributed by atoms with E-state index >= 15 is 0 Å². The first-order valence-electron chi connectivity index (χ1n) is 7.19. The third kappa shape index (κ3) is 3.00. The zero-order valence-electron chi connectivity index (χ0n) is 10.6. The standard InChI is InChI=1S/C15H25N/c1-12-5-8-15(9-6-12)14-4-2-3-13(11-16)7-10-14/h12-15H,2-10H2,1H3. The topological polar surface area (TPSA) is 23.8 Å². The molecule has 1 heteroatoms. The number of nitrogens with zero attached hydrogens (tertiary/aromatic N) is 1. The van der Waals surface area contributed by atoms with Crippen molar-refractivity contribution >= 4 is 0 Å². The van der Waals surface area contributed by atoms with Gasteiger partial charge < -0.3 is 0 Å². The van der Waals surface area contributed by atoms with Crippen LogP contribution in [0.15, 0.2) is 0 Å². The second-order valence-electron chi connectivity index (χ2n) is 6.11. The Morgan fingerprint density at radius 2 is 1.44 bits per heavy atom. The third-order valence-corrected chi connectivity index (χ3v) is 4.92. The summed E-state index contributed by atoms with van der Waals surface area (Å²) in [6, 6.07) is 2.47. The molecular weight excluding hydrogens is 194 g/mol. The third-order valence-electron chi connectivity index (χ3n) is 4.92. The van der Waals surface area contributed by atoms with Gasteiger partial charge in [-0.2, -0.15) is 5.26 Å². The van der Waals surface area contributed by atoms with Crippen LogP contribution in [0.4, 0.5) is 0 Å². The Labute approximate surface area is 100 Å². The number of rotatable bonds is 1. The molecule has 0 saturated heterocycles. The lowest BCUT2D eigenvalue weighted by Gasteiger charge is -2.32. The fourth-order valence-electron chi connectivity index (χ4n) is 3.69. The molecule has 0 aromatic rings. The molecule has 0 bridgehead atoms. The predicted molar refractivity (Wildman–Crippen MR) is 66.8 cm³/mol. The van der Waals surface area contributed by atoms with E-state index in [0.29, 0.717) is 5.92 Å². The molecule has 2 atom stereocenters. The van der Waals surface area contributed by atoms with Gasteiger partial charge in [-0.25, -0.2) is 0 Å². The Kier molecular flexibility index (Phi) is 4.27. The van der Waals surface area contributed by atoms with E-state index in [1.807, 2.05) is 0 Å². The predicted octanol–water partition coefficient (Wildman–Crippen LogP) is 4.53. The van der Waals surface area contributed by atoms with Crippen molar-refractivity contribution in [1.29, 1.82) is 5.26 Å². The summed E-state index contributed by atoms with van der Waals surface area (Å²) in [4.78, 5) is 0. The maximum atomic E-state index is 9.00. The van der Waals surface area contributed by atoms with Gasteiger partial charge in [0.15, 0.2) is 0 Å². The van der Waals surface area contributed by atoms with Crippen molar-refractivity contribution in [3.63, 3.8) is 0 Å². The number of hydrogen-bond donors (Lipinski definition) is 0. The Morgan fingerprint density at radius 1 is 0.812 bits per heavy atom. The van der Waals surface area contributed by atoms with Crippen molar-refractivity contribution in [2.45, 2.75) is 64.7 Å². The molecule has 0 heterocycles. The molecule has 2 aliphatic carbocycles. The summed E-state index contributed by atoms with van der Waals surface area (Å²) in [6.45, 7) is 2.40. The van der Waals surface area contributed by atoms with E-state index in [9.17, 15) is 0 Å². The zero-order chi connectivity index (χ0) is 11.4. The van der Waals surface area contributed by atoms with Crippen LogP contribution in [-0.4, -0.2) is 0 Å². The van der Waals surface area contributed by atoms with Gasteiger partial charge in [0.25, 0.3) is 0 Å². The molecule has 2 saturated carbocycles. The van der Waals surface area contributed by atoms with Gasteiger partial charge in [-0.15, -0.1) is 0 Å². The van der Waals surface area contributed by atoms with Gasteiger partial charge in [0.2, 0.25) is 0 Å². The zero-order valence-corrected chi connectivity index (χ0v) is 10.6. The molecular formula is C15H25N. The van der Waals surface area contributed by atoms with Gasteiger partial charge in [0, 0.05) is 5.92 Å². The van der Waals surface area contributed by atoms with E-state index < -0.39 is 0 Å². The molecule has 2 unspecified atom stereocenters. The van der Waals surface area contributed by atoms with Crippen LogP contribution >= 0.6 is 0 Å². The summed E-state index contributed by atoms with van der Waals surface area (Å²) in [5.74, 6) is 3.28. The molecule has 0 N–H and O–H groups in total. The maximum Gasteiger partial charge on any atom is 0.0655 e. The number of hydrogen-bond acceptors (Lipinski definition) is 1. The van der Waals surface area contributed by atoms with Crippen LogP contribution in [0, 0.1) is 35.0 Å². The van der Waals surface area contributed by atoms with Crippen LogP contribution < -0.4 is 0 Å². The monoisotopic (exact) mass is 219 g/mol. The van der Waals surface area contributed by atoms with Crippen molar-refractivity contribution in [3.8, 4) is 6.07 Å². The second kappa shape index (κ2) is 5.71. The molecule has 16 heavy (non-hydrogen) atoms. The molecule has 0 aromatic heterocycles. The Bertz CT molecular complexity index is 245. The average Bonchev–Trinajstić information content (AvgIpc) is 2.55. The fourth-order valence-corrected chi connectivity index (χ4v) is 3.69. The van der Waals surface area contributed by atoms with E-state index in [1.54, 1.807) is 0 Å². The molecule has 0 aliphatic heterocycles. The lowest BCUT2D eigenvalue weighted by atomic mass is 9.74. The quantitative estimate of drug-likeness (QED) is 0.594. The number of nitriles is 1. The van der Waals surface area contributed by atoms with Gasteiger partial charge in [-0.1, -0.05) is 32.6 Å². The highest BCUT2D eigenvalue weighted by Crippen LogP contribution is 2.39. The fraction of sp³-hybridized carbons (Fsp3) is 0.933. The highest BCUT2D eigenvalue weighted by Gasteiger charge is 2.28. The molecule has 2 rings (SSSR count). The first-order chi connectivity index (χ1) is 7.79. The first-order valence-corrected chi connectivity index (χ1v) is 7.19. The van der Waals surface area contributed by atoms with Crippen LogP contribution in [0.3, 0.4) is 0 Å². The van der Waals surface area contributed by atoms with E-state index in [-0.39, 0.29) is 0 Å². The first kappa shape index (κ1) is 12.0. The van der Waals surface area contributed by atoms with Crippen LogP contribution in [0.2, 0.25) is 0 Å². The maximum absolute atomic E-state index is 9.00. The lowest BCUT2D eigenvalue weighted by molar-refractivity contribution is 0.195. The summed E-state index contributed by atoms with van der Waals surface area (Å²) in [5, 5.41) is 9.00. The van der Waals surface area contributed by atoms with Crippen molar-refractivity contribution in [3.05, 3.63) is 0 Å². The minimum atomic E-state index is 0.368. The van der Waals surface area contributed by atoms with Crippen molar-refractivity contribution in [2.75, 3.05) is 0 Å². The lowest BCUT2D eigenvalue weighted by Crippen LogP contribution is -2.20. The summed E-state index contributed by atoms with van der Waals surface area (Å²) < 4.78 is 0. The van der Waals surface area contributed by atoms with E-state index in [4.69, 9.17) is 5.26 Å². The average molecular weight is 219 g/mol. The molecule has 1 nitrogen and oxygen atoms in total. The smallest absolute Gasteiger partial charge is 0.0655 e. The van der Waals surface area contributed by atoms with Crippen molar-refractivity contribution in [1.82, 2.24) is 0 Å². The van der Waals surface area contributed by atoms with Gasteiger partial charge in [-0.05, 0) is 49.9 Å². The van der Waals surface area contributed by atoms with Gasteiger partial charge in [0.1, 0.15) is 0 Å². The van der Waals surface area contributed by atoms with Crippen LogP contribution in [0.5, 0.6) is 0 Å². The van der Waals surface area contributed by atoms with Crippen molar-refractivity contribution < 1.29 is 0 Å². The second-order valence-corrected chi connectivity index (χ2v) is 6.11. The normalized spacial score (nSPS) is 41.0. The minimum Gasteiger partial charge on any atom is -0.198 e. The SMILES string of the molecule is CC1CCC(C2CCCC(C#N)CC2)CC1. The minimum absolute atomic E-state index is 0.368. The summed E-state index contributed by atoms with van der Waals surface area (Å²) in [7, 11) is 0. The molecule has 0 radical (unpaired) electrons. The van der Waals surface area contributed by atoms with Gasteiger partial charge >= 0.3 is 0 Å². The van der Waals surface area contributed by atoms with E-state index in [0.717, 1.165) is 24.2 Å². The Morgan fingerprint density at radius 3 is 2.12 bits per heavy atom. The van der Waals surface area contributed by atoms with E-state index in [1.165, 1.54) is 51.4 Å². The van der Waals surface area contributed by atoms with Crippen LogP contribution in [-0.2, 0) is 0 Å². The molecule has 0 amide bonds. The van der Waals surface area contributed by atoms with Crippen LogP contribution in [0.1, 0.15) is 64.7 Å². The Hall–Kier alpha value is -0.510. The van der Waals surface area contributed by atoms with Crippen molar-refractivity contribution in [2.24, 2.45) is 23.7 Å². The molecule has 0 spiro atoms. The summed E-state index contributed by atoms with van der Waals surface area (Å²) in [5.41, 5.74) is 0. The highest BCUT2D eigenvalue weighted by atomic mass is 14.3. The summed E-state index contributed by atoms with van der Waals surface area (Å²) in [6.07, 6.45) is 12.2. The van der Waals surface area contributed by atoms with Gasteiger partial charge in [0.05, 0.1) is 6.07 Å². The highest BCUT2D eigenvalue weighted by molar-refractivity contribution is 4.87. The van der Waals surface area contributed by atoms with Gasteiger partial charge in [-0.3, -0.25) is 0 Å². The molecule has 2 aliphatic rings. The molecule has 90 valence electrons. The largest absolute Gasteiger partial charge is 0.198 e.